The molecule has 0 aromatic heterocycles. The zero-order valence-electron chi connectivity index (χ0n) is 8.28. The van der Waals surface area contributed by atoms with Crippen LogP contribution in [0.3, 0.4) is 0 Å². The van der Waals surface area contributed by atoms with Gasteiger partial charge in [0.1, 0.15) is 0 Å². The van der Waals surface area contributed by atoms with E-state index in [1.165, 1.54) is 0 Å². The molecule has 1 atom stereocenters. The van der Waals surface area contributed by atoms with Crippen molar-refractivity contribution in [3.05, 3.63) is 10.1 Å². The average Bonchev–Trinajstić information content (AvgIpc) is 1.88. The Balaban J connectivity index is -0.000000333. The van der Waals surface area contributed by atoms with Gasteiger partial charge in [0, 0.05) is 17.8 Å². The number of hydrogen-bond acceptors (Lipinski definition) is 3. The zero-order valence-corrected chi connectivity index (χ0v) is 7.70. The van der Waals surface area contributed by atoms with E-state index in [0.717, 1.165) is 12.8 Å². The van der Waals surface area contributed by atoms with Gasteiger partial charge in [-0.3, -0.25) is 14.9 Å². The van der Waals surface area contributed by atoms with Crippen molar-refractivity contribution in [2.45, 2.75) is 31.7 Å². The zero-order chi connectivity index (χ0) is 7.56. The molecule has 0 radical (unpaired) electrons. The van der Waals surface area contributed by atoms with E-state index in [0.29, 0.717) is 12.8 Å². The molecular weight excluding hydrogens is 158 g/mol. The van der Waals surface area contributed by atoms with Crippen molar-refractivity contribution >= 4 is 28.8 Å². The molecule has 0 aromatic carbocycles. The molecule has 0 saturated heterocycles. The first-order valence-corrected chi connectivity index (χ1v) is 3.38. The Morgan fingerprint density at radius 3 is 2.55 bits per heavy atom. The minimum absolute atomic E-state index is 0. The molecule has 4 nitrogen and oxygen atoms in total. The first-order valence-electron chi connectivity index (χ1n) is 3.38. The van der Waals surface area contributed by atoms with Crippen LogP contribution in [0.1, 0.15) is 28.5 Å². The fourth-order valence-corrected chi connectivity index (χ4v) is 1.19. The summed E-state index contributed by atoms with van der Waals surface area (Å²) in [5, 5.41) is 10.1. The molecule has 11 heavy (non-hydrogen) atoms. The van der Waals surface area contributed by atoms with Gasteiger partial charge in [-0.25, -0.2) is 0 Å². The van der Waals surface area contributed by atoms with Crippen LogP contribution in [-0.4, -0.2) is 39.8 Å². The third-order valence-electron chi connectivity index (χ3n) is 1.78. The summed E-state index contributed by atoms with van der Waals surface area (Å²) in [6.07, 6.45) is 2.47. The van der Waals surface area contributed by atoms with Crippen molar-refractivity contribution in [2.75, 3.05) is 0 Å². The van der Waals surface area contributed by atoms with E-state index in [1.54, 1.807) is 0 Å². The van der Waals surface area contributed by atoms with Crippen LogP contribution in [0.2, 0.25) is 0 Å². The van der Waals surface area contributed by atoms with Crippen LogP contribution in [0.5, 0.6) is 0 Å². The SMILES string of the molecule is O=C1CCCCC1[N+](=O)[O-].[H-].[H-].[Mg+2]. The van der Waals surface area contributed by atoms with E-state index >= 15 is 0 Å². The maximum absolute atomic E-state index is 10.8. The molecule has 0 amide bonds. The summed E-state index contributed by atoms with van der Waals surface area (Å²) in [5.41, 5.74) is 0. The van der Waals surface area contributed by atoms with Crippen LogP contribution in [0.15, 0.2) is 0 Å². The molecule has 0 heterocycles. The molecule has 1 fully saturated rings. The molecule has 0 spiro atoms. The van der Waals surface area contributed by atoms with Crippen molar-refractivity contribution in [1.29, 1.82) is 0 Å². The van der Waals surface area contributed by atoms with E-state index in [-0.39, 0.29) is 31.7 Å². The summed E-state index contributed by atoms with van der Waals surface area (Å²) < 4.78 is 0. The van der Waals surface area contributed by atoms with Crippen molar-refractivity contribution in [3.63, 3.8) is 0 Å². The average molecular weight is 169 g/mol. The van der Waals surface area contributed by atoms with Crippen molar-refractivity contribution in [3.8, 4) is 0 Å². The maximum atomic E-state index is 10.8. The van der Waals surface area contributed by atoms with Crippen LogP contribution in [0.25, 0.3) is 0 Å². The van der Waals surface area contributed by atoms with Crippen LogP contribution >= 0.6 is 0 Å². The van der Waals surface area contributed by atoms with Gasteiger partial charge in [0.2, 0.25) is 5.78 Å². The molecule has 1 unspecified atom stereocenters. The second-order valence-electron chi connectivity index (χ2n) is 2.51. The van der Waals surface area contributed by atoms with Gasteiger partial charge < -0.3 is 2.85 Å². The topological polar surface area (TPSA) is 60.2 Å². The summed E-state index contributed by atoms with van der Waals surface area (Å²) >= 11 is 0. The van der Waals surface area contributed by atoms with Crippen LogP contribution in [-0.2, 0) is 4.79 Å². The summed E-state index contributed by atoms with van der Waals surface area (Å²) in [6, 6.07) is -0.895. The van der Waals surface area contributed by atoms with Crippen molar-refractivity contribution in [1.82, 2.24) is 0 Å². The van der Waals surface area contributed by atoms with Gasteiger partial charge in [-0.05, 0) is 12.8 Å². The molecule has 5 heteroatoms. The minimum Gasteiger partial charge on any atom is -1.00 e. The van der Waals surface area contributed by atoms with Gasteiger partial charge in [0.05, 0.1) is 0 Å². The second-order valence-corrected chi connectivity index (χ2v) is 2.51. The summed E-state index contributed by atoms with van der Waals surface area (Å²) in [7, 11) is 0. The maximum Gasteiger partial charge on any atom is 2.00 e. The Morgan fingerprint density at radius 1 is 1.55 bits per heavy atom. The molecule has 0 aromatic rings. The van der Waals surface area contributed by atoms with E-state index < -0.39 is 11.0 Å². The van der Waals surface area contributed by atoms with E-state index in [1.807, 2.05) is 0 Å². The molecular formula is C6H11MgNO3. The first-order chi connectivity index (χ1) is 4.72. The number of Topliss-reactive ketones (excluding diaryl/α,β-unsaturated/α-hetero) is 1. The summed E-state index contributed by atoms with van der Waals surface area (Å²) in [6.45, 7) is 0. The predicted octanol–water partition coefficient (Wildman–Crippen LogP) is 0.619. The molecule has 1 aliphatic rings. The third-order valence-corrected chi connectivity index (χ3v) is 1.78. The number of rotatable bonds is 1. The number of carbonyl (C=O) groups is 1. The predicted molar refractivity (Wildman–Crippen MR) is 42.2 cm³/mol. The van der Waals surface area contributed by atoms with E-state index in [9.17, 15) is 14.9 Å². The molecule has 1 saturated carbocycles. The molecule has 0 aliphatic heterocycles. The van der Waals surface area contributed by atoms with Crippen molar-refractivity contribution < 1.29 is 12.6 Å². The van der Waals surface area contributed by atoms with Gasteiger partial charge in [-0.2, -0.15) is 0 Å². The molecule has 0 N–H and O–H groups in total. The van der Waals surface area contributed by atoms with Crippen LogP contribution in [0.4, 0.5) is 0 Å². The number of nitro groups is 1. The Hall–Kier alpha value is -0.164. The smallest absolute Gasteiger partial charge is 1.00 e. The molecule has 1 aliphatic carbocycles. The second kappa shape index (κ2) is 4.66. The standard InChI is InChI=1S/C6H9NO3.Mg.2H/c8-6-4-2-1-3-5(6)7(9)10;;;/h5H,1-4H2;;;/q;+2;2*-1. The Bertz CT molecular complexity index is 179. The number of hydrogen-bond donors (Lipinski definition) is 0. The van der Waals surface area contributed by atoms with Crippen LogP contribution < -0.4 is 0 Å². The van der Waals surface area contributed by atoms with Gasteiger partial charge in [-0.15, -0.1) is 0 Å². The monoisotopic (exact) mass is 169 g/mol. The third kappa shape index (κ3) is 2.74. The normalized spacial score (nSPS) is 24.0. The van der Waals surface area contributed by atoms with Gasteiger partial charge >= 0.3 is 23.1 Å². The quantitative estimate of drug-likeness (QED) is 0.328. The Morgan fingerprint density at radius 2 is 2.18 bits per heavy atom. The number of ketones is 1. The summed E-state index contributed by atoms with van der Waals surface area (Å²) in [4.78, 5) is 20.5. The molecule has 1 rings (SSSR count). The van der Waals surface area contributed by atoms with E-state index in [4.69, 9.17) is 0 Å². The summed E-state index contributed by atoms with van der Waals surface area (Å²) in [5.74, 6) is -0.198. The largest absolute Gasteiger partial charge is 2.00 e. The minimum atomic E-state index is -0.895. The molecule has 0 bridgehead atoms. The Labute approximate surface area is 83.6 Å². The van der Waals surface area contributed by atoms with Crippen molar-refractivity contribution in [2.24, 2.45) is 0 Å². The van der Waals surface area contributed by atoms with Gasteiger partial charge in [0.25, 0.3) is 6.04 Å². The fraction of sp³-hybridized carbons (Fsp3) is 0.833. The van der Waals surface area contributed by atoms with E-state index in [2.05, 4.69) is 0 Å². The Kier molecular flexibility index (Phi) is 4.59. The number of carbonyl (C=O) groups excluding carboxylic acids is 1. The fourth-order valence-electron chi connectivity index (χ4n) is 1.19. The van der Waals surface area contributed by atoms with Gasteiger partial charge in [0.15, 0.2) is 0 Å². The van der Waals surface area contributed by atoms with Crippen LogP contribution in [0, 0.1) is 10.1 Å². The first kappa shape index (κ1) is 10.8. The number of nitrogens with zero attached hydrogens (tertiary/aromatic N) is 1. The molecule has 60 valence electrons. The van der Waals surface area contributed by atoms with Gasteiger partial charge in [-0.1, -0.05) is 0 Å².